The second-order valence-corrected chi connectivity index (χ2v) is 5.80. The van der Waals surface area contributed by atoms with Gasteiger partial charge in [0.25, 0.3) is 0 Å². The van der Waals surface area contributed by atoms with Gasteiger partial charge in [0, 0.05) is 0 Å². The van der Waals surface area contributed by atoms with Gasteiger partial charge >= 0.3 is 0 Å². The van der Waals surface area contributed by atoms with Crippen LogP contribution in [0.4, 0.5) is 0 Å². The van der Waals surface area contributed by atoms with Crippen LogP contribution < -0.4 is 0 Å². The maximum Gasteiger partial charge on any atom is -0.000728 e. The zero-order valence-corrected chi connectivity index (χ0v) is 11.2. The molecular formula is C20H14. The molecule has 0 saturated carbocycles. The summed E-state index contributed by atoms with van der Waals surface area (Å²) in [6, 6.07) is 18.1. The third kappa shape index (κ3) is 1.26. The van der Waals surface area contributed by atoms with Crippen LogP contribution in [-0.2, 0) is 12.8 Å². The van der Waals surface area contributed by atoms with E-state index in [-0.39, 0.29) is 0 Å². The van der Waals surface area contributed by atoms with E-state index in [0.29, 0.717) is 0 Å². The van der Waals surface area contributed by atoms with Gasteiger partial charge in [0.15, 0.2) is 0 Å². The lowest BCUT2D eigenvalue weighted by molar-refractivity contribution is 1.27. The van der Waals surface area contributed by atoms with Gasteiger partial charge < -0.3 is 0 Å². The van der Waals surface area contributed by atoms with Gasteiger partial charge in [0.1, 0.15) is 0 Å². The first-order chi connectivity index (χ1) is 9.90. The molecule has 20 heavy (non-hydrogen) atoms. The Labute approximate surface area is 118 Å². The van der Waals surface area contributed by atoms with Gasteiger partial charge in [0.05, 0.1) is 0 Å². The molecule has 0 aliphatic heterocycles. The normalized spacial score (nSPS) is 14.4. The van der Waals surface area contributed by atoms with E-state index in [4.69, 9.17) is 0 Å². The standard InChI is InChI=1S/C20H14/c1-2-7-17-15(4-1)12-20-18(17)9-8-16-10-13-5-3-6-14(13)11-19(16)20/h1-5,7-11H,6,12H2. The van der Waals surface area contributed by atoms with Crippen LogP contribution in [0.1, 0.15) is 22.3 Å². The molecule has 0 amide bonds. The number of fused-ring (bicyclic) bond motifs is 6. The average Bonchev–Trinajstić information content (AvgIpc) is 3.08. The predicted molar refractivity (Wildman–Crippen MR) is 84.9 cm³/mol. The monoisotopic (exact) mass is 254 g/mol. The van der Waals surface area contributed by atoms with Crippen LogP contribution in [0, 0.1) is 0 Å². The molecule has 0 saturated heterocycles. The van der Waals surface area contributed by atoms with E-state index in [1.165, 1.54) is 44.2 Å². The van der Waals surface area contributed by atoms with Crippen molar-refractivity contribution < 1.29 is 0 Å². The SMILES string of the molecule is C1=Cc2cc3ccc4c(c3cc2C1)Cc1ccccc1-4. The minimum absolute atomic E-state index is 1.08. The highest BCUT2D eigenvalue weighted by atomic mass is 14.2. The van der Waals surface area contributed by atoms with Gasteiger partial charge in [0.2, 0.25) is 0 Å². The summed E-state index contributed by atoms with van der Waals surface area (Å²) in [6.07, 6.45) is 6.67. The van der Waals surface area contributed by atoms with Crippen LogP contribution in [0.15, 0.2) is 54.6 Å². The molecule has 2 aliphatic rings. The summed E-state index contributed by atoms with van der Waals surface area (Å²) < 4.78 is 0. The van der Waals surface area contributed by atoms with E-state index in [9.17, 15) is 0 Å². The maximum atomic E-state index is 2.41. The van der Waals surface area contributed by atoms with E-state index < -0.39 is 0 Å². The first kappa shape index (κ1) is 10.4. The lowest BCUT2D eigenvalue weighted by Gasteiger charge is -2.09. The topological polar surface area (TPSA) is 0 Å². The molecule has 0 aromatic heterocycles. The fraction of sp³-hybridized carbons (Fsp3) is 0.100. The highest BCUT2D eigenvalue weighted by Crippen LogP contribution is 2.41. The van der Waals surface area contributed by atoms with Gasteiger partial charge in [-0.1, -0.05) is 48.6 Å². The Balaban J connectivity index is 1.85. The van der Waals surface area contributed by atoms with Crippen molar-refractivity contribution in [2.75, 3.05) is 0 Å². The van der Waals surface area contributed by atoms with Gasteiger partial charge in [-0.05, 0) is 69.1 Å². The van der Waals surface area contributed by atoms with E-state index in [2.05, 4.69) is 60.7 Å². The minimum Gasteiger partial charge on any atom is -0.0795 e. The molecule has 5 rings (SSSR count). The van der Waals surface area contributed by atoms with E-state index >= 15 is 0 Å². The quantitative estimate of drug-likeness (QED) is 0.415. The van der Waals surface area contributed by atoms with Crippen molar-refractivity contribution >= 4 is 16.8 Å². The van der Waals surface area contributed by atoms with Crippen LogP contribution in [0.3, 0.4) is 0 Å². The molecule has 0 fully saturated rings. The zero-order valence-electron chi connectivity index (χ0n) is 11.2. The summed E-state index contributed by atoms with van der Waals surface area (Å²) in [4.78, 5) is 0. The fourth-order valence-electron chi connectivity index (χ4n) is 3.71. The first-order valence-corrected chi connectivity index (χ1v) is 7.23. The summed E-state index contributed by atoms with van der Waals surface area (Å²) >= 11 is 0. The Hall–Kier alpha value is -2.34. The van der Waals surface area contributed by atoms with Crippen molar-refractivity contribution in [3.63, 3.8) is 0 Å². The molecule has 0 bridgehead atoms. The van der Waals surface area contributed by atoms with Crippen molar-refractivity contribution in [1.29, 1.82) is 0 Å². The Kier molecular flexibility index (Phi) is 1.88. The van der Waals surface area contributed by atoms with Crippen LogP contribution in [0.5, 0.6) is 0 Å². The lowest BCUT2D eigenvalue weighted by Crippen LogP contribution is -1.88. The van der Waals surface area contributed by atoms with E-state index in [1.54, 1.807) is 0 Å². The average molecular weight is 254 g/mol. The predicted octanol–water partition coefficient (Wildman–Crippen LogP) is 4.98. The molecule has 3 aromatic rings. The third-order valence-corrected chi connectivity index (χ3v) is 4.70. The molecule has 0 heteroatoms. The molecule has 0 unspecified atom stereocenters. The summed E-state index contributed by atoms with van der Waals surface area (Å²) in [6.45, 7) is 0. The van der Waals surface area contributed by atoms with Crippen molar-refractivity contribution in [3.05, 3.63) is 76.9 Å². The molecular weight excluding hydrogens is 240 g/mol. The summed E-state index contributed by atoms with van der Waals surface area (Å²) in [7, 11) is 0. The van der Waals surface area contributed by atoms with E-state index in [1.807, 2.05) is 0 Å². The molecule has 0 radical (unpaired) electrons. The van der Waals surface area contributed by atoms with Crippen LogP contribution in [-0.4, -0.2) is 0 Å². The maximum absolute atomic E-state index is 2.41. The number of hydrogen-bond donors (Lipinski definition) is 0. The number of rotatable bonds is 0. The Bertz CT molecular complexity index is 897. The Morgan fingerprint density at radius 3 is 2.75 bits per heavy atom. The summed E-state index contributed by atoms with van der Waals surface area (Å²) in [5.41, 5.74) is 8.70. The molecule has 0 heterocycles. The Morgan fingerprint density at radius 2 is 1.75 bits per heavy atom. The third-order valence-electron chi connectivity index (χ3n) is 4.70. The Morgan fingerprint density at radius 1 is 0.800 bits per heavy atom. The van der Waals surface area contributed by atoms with Gasteiger partial charge in [-0.3, -0.25) is 0 Å². The number of allylic oxidation sites excluding steroid dienone is 1. The van der Waals surface area contributed by atoms with E-state index in [0.717, 1.165) is 12.8 Å². The van der Waals surface area contributed by atoms with Crippen molar-refractivity contribution in [2.45, 2.75) is 12.8 Å². The highest BCUT2D eigenvalue weighted by molar-refractivity contribution is 5.97. The largest absolute Gasteiger partial charge is 0.0795 e. The van der Waals surface area contributed by atoms with Gasteiger partial charge in [-0.25, -0.2) is 0 Å². The molecule has 0 N–H and O–H groups in total. The van der Waals surface area contributed by atoms with Crippen molar-refractivity contribution in [2.24, 2.45) is 0 Å². The fourth-order valence-corrected chi connectivity index (χ4v) is 3.71. The van der Waals surface area contributed by atoms with Crippen LogP contribution >= 0.6 is 0 Å². The van der Waals surface area contributed by atoms with Crippen LogP contribution in [0.2, 0.25) is 0 Å². The van der Waals surface area contributed by atoms with Gasteiger partial charge in [-0.2, -0.15) is 0 Å². The molecule has 94 valence electrons. The van der Waals surface area contributed by atoms with Crippen molar-refractivity contribution in [3.8, 4) is 11.1 Å². The smallest absolute Gasteiger partial charge is 0.000728 e. The summed E-state index contributed by atoms with van der Waals surface area (Å²) in [5.74, 6) is 0. The van der Waals surface area contributed by atoms with Crippen molar-refractivity contribution in [1.82, 2.24) is 0 Å². The second kappa shape index (κ2) is 3.61. The summed E-state index contributed by atoms with van der Waals surface area (Å²) in [5, 5.41) is 2.82. The molecule has 0 spiro atoms. The zero-order chi connectivity index (χ0) is 13.1. The molecule has 3 aromatic carbocycles. The first-order valence-electron chi connectivity index (χ1n) is 7.23. The number of hydrogen-bond acceptors (Lipinski definition) is 0. The minimum atomic E-state index is 1.08. The molecule has 0 atom stereocenters. The second-order valence-electron chi connectivity index (χ2n) is 5.80. The van der Waals surface area contributed by atoms with Crippen LogP contribution in [0.25, 0.3) is 28.0 Å². The lowest BCUT2D eigenvalue weighted by atomic mass is 9.95. The van der Waals surface area contributed by atoms with Gasteiger partial charge in [-0.15, -0.1) is 0 Å². The molecule has 0 nitrogen and oxygen atoms in total. The number of benzene rings is 3. The molecule has 2 aliphatic carbocycles. The highest BCUT2D eigenvalue weighted by Gasteiger charge is 2.20.